The number of benzene rings is 1. The van der Waals surface area contributed by atoms with Crippen molar-refractivity contribution in [2.75, 3.05) is 6.61 Å². The fourth-order valence-electron chi connectivity index (χ4n) is 10.7. The van der Waals surface area contributed by atoms with Crippen LogP contribution in [0.2, 0.25) is 0 Å². The van der Waals surface area contributed by atoms with Gasteiger partial charge in [0.1, 0.15) is 24.4 Å². The van der Waals surface area contributed by atoms with Gasteiger partial charge in [0.2, 0.25) is 0 Å². The third-order valence-electron chi connectivity index (χ3n) is 13.0. The van der Waals surface area contributed by atoms with Crippen LogP contribution in [0, 0.1) is 28.1 Å². The van der Waals surface area contributed by atoms with E-state index in [4.69, 9.17) is 28.1 Å². The summed E-state index contributed by atoms with van der Waals surface area (Å²) in [6.07, 6.45) is 2.22. The standard InChI is InChI=1S/C40H46O10/c1-8-21(2)36(43)49-30-18-29(47-23(4)41)38(5)20-46-33-34(38)39(30,6)28-17-31(42)48-27-16-26(25-14-15-45-19-25)22(3)32(27)40(28,7)35(33)50-37(44)24-12-10-9-11-13-24/h8-15,19,26-30,33-35H,16-18,20H2,1-7H3/b21-8+/t26-,27+,28-,29-,30+,33-,34+,35-,38-,39+,40-/m1/s1. The molecule has 266 valence electrons. The van der Waals surface area contributed by atoms with E-state index in [1.165, 1.54) is 6.92 Å². The van der Waals surface area contributed by atoms with Crippen molar-refractivity contribution in [3.63, 3.8) is 0 Å². The second kappa shape index (κ2) is 12.2. The number of carbonyl (C=O) groups excluding carboxylic acids is 4. The molecule has 2 saturated heterocycles. The van der Waals surface area contributed by atoms with Crippen LogP contribution in [-0.2, 0) is 38.1 Å². The Hall–Kier alpha value is -4.18. The number of furan rings is 1. The monoisotopic (exact) mass is 686 g/mol. The van der Waals surface area contributed by atoms with Crippen LogP contribution in [0.4, 0.5) is 0 Å². The number of fused-ring (bicyclic) bond motifs is 4. The fourth-order valence-corrected chi connectivity index (χ4v) is 10.7. The predicted octanol–water partition coefficient (Wildman–Crippen LogP) is 6.50. The lowest BCUT2D eigenvalue weighted by molar-refractivity contribution is -0.253. The predicted molar refractivity (Wildman–Crippen MR) is 179 cm³/mol. The van der Waals surface area contributed by atoms with Crippen molar-refractivity contribution in [2.45, 2.75) is 104 Å². The summed E-state index contributed by atoms with van der Waals surface area (Å²) in [5.41, 5.74) is 1.06. The molecule has 2 aromatic rings. The Balaban J connectivity index is 1.46. The van der Waals surface area contributed by atoms with E-state index in [2.05, 4.69) is 20.8 Å². The first kappa shape index (κ1) is 34.3. The van der Waals surface area contributed by atoms with Crippen LogP contribution in [0.1, 0.15) is 89.6 Å². The molecule has 0 amide bonds. The normalized spacial score (nSPS) is 39.0. The third-order valence-corrected chi connectivity index (χ3v) is 13.0. The Morgan fingerprint density at radius 3 is 2.36 bits per heavy atom. The maximum Gasteiger partial charge on any atom is 0.338 e. The van der Waals surface area contributed by atoms with Gasteiger partial charge >= 0.3 is 23.9 Å². The minimum atomic E-state index is -1.00. The Kier molecular flexibility index (Phi) is 8.40. The molecule has 10 nitrogen and oxygen atoms in total. The minimum Gasteiger partial charge on any atom is -0.472 e. The zero-order valence-corrected chi connectivity index (χ0v) is 29.7. The molecule has 0 N–H and O–H groups in total. The molecule has 0 spiro atoms. The number of allylic oxidation sites excluding steroid dienone is 2. The van der Waals surface area contributed by atoms with Gasteiger partial charge in [0.25, 0.3) is 0 Å². The second-order valence-electron chi connectivity index (χ2n) is 15.5. The molecule has 1 aromatic carbocycles. The Morgan fingerprint density at radius 1 is 0.960 bits per heavy atom. The maximum atomic E-state index is 14.1. The number of carbonyl (C=O) groups is 4. The molecule has 50 heavy (non-hydrogen) atoms. The van der Waals surface area contributed by atoms with Gasteiger partial charge in [-0.15, -0.1) is 0 Å². The first-order chi connectivity index (χ1) is 23.7. The van der Waals surface area contributed by atoms with Crippen molar-refractivity contribution in [1.82, 2.24) is 0 Å². The molecule has 0 unspecified atom stereocenters. The summed E-state index contributed by atoms with van der Waals surface area (Å²) in [5.74, 6) is -2.88. The molecular weight excluding hydrogens is 640 g/mol. The van der Waals surface area contributed by atoms with E-state index in [1.807, 2.05) is 19.1 Å². The lowest BCUT2D eigenvalue weighted by Gasteiger charge is -2.66. The molecule has 0 bridgehead atoms. The maximum absolute atomic E-state index is 14.1. The summed E-state index contributed by atoms with van der Waals surface area (Å²) in [6.45, 7) is 13.3. The molecular formula is C40H46O10. The molecule has 11 atom stereocenters. The van der Waals surface area contributed by atoms with E-state index in [-0.39, 0.29) is 31.3 Å². The molecule has 3 heterocycles. The van der Waals surface area contributed by atoms with Gasteiger partial charge in [-0.2, -0.15) is 0 Å². The summed E-state index contributed by atoms with van der Waals surface area (Å²) in [6, 6.07) is 10.7. The topological polar surface area (TPSA) is 128 Å². The van der Waals surface area contributed by atoms with Gasteiger partial charge in [-0.1, -0.05) is 50.6 Å². The van der Waals surface area contributed by atoms with Crippen LogP contribution < -0.4 is 0 Å². The van der Waals surface area contributed by atoms with Crippen molar-refractivity contribution >= 4 is 23.9 Å². The quantitative estimate of drug-likeness (QED) is 0.144. The van der Waals surface area contributed by atoms with Gasteiger partial charge in [-0.05, 0) is 62.4 Å². The van der Waals surface area contributed by atoms with Crippen LogP contribution in [0.25, 0.3) is 0 Å². The molecule has 2 aliphatic heterocycles. The zero-order chi connectivity index (χ0) is 35.7. The lowest BCUT2D eigenvalue weighted by Crippen LogP contribution is -2.72. The van der Waals surface area contributed by atoms with Gasteiger partial charge in [0, 0.05) is 53.4 Å². The van der Waals surface area contributed by atoms with Crippen molar-refractivity contribution < 1.29 is 47.3 Å². The number of rotatable bonds is 6. The highest BCUT2D eigenvalue weighted by Crippen LogP contribution is 2.72. The molecule has 3 aliphatic carbocycles. The van der Waals surface area contributed by atoms with Crippen LogP contribution in [0.15, 0.2) is 76.1 Å². The average Bonchev–Trinajstić information content (AvgIpc) is 3.80. The van der Waals surface area contributed by atoms with Gasteiger partial charge in [0.05, 0.1) is 30.8 Å². The van der Waals surface area contributed by atoms with Gasteiger partial charge in [0.15, 0.2) is 0 Å². The summed E-state index contributed by atoms with van der Waals surface area (Å²) >= 11 is 0. The van der Waals surface area contributed by atoms with Crippen molar-refractivity contribution in [2.24, 2.45) is 28.1 Å². The van der Waals surface area contributed by atoms with E-state index in [0.717, 1.165) is 16.7 Å². The highest BCUT2D eigenvalue weighted by atomic mass is 16.6. The average molecular weight is 687 g/mol. The minimum absolute atomic E-state index is 0.00419. The summed E-state index contributed by atoms with van der Waals surface area (Å²) in [7, 11) is 0. The van der Waals surface area contributed by atoms with Crippen LogP contribution in [0.3, 0.4) is 0 Å². The second-order valence-corrected chi connectivity index (χ2v) is 15.5. The molecule has 10 heteroatoms. The number of hydrogen-bond donors (Lipinski definition) is 0. The van der Waals surface area contributed by atoms with Crippen molar-refractivity contribution in [3.05, 3.63) is 82.8 Å². The van der Waals surface area contributed by atoms with Gasteiger partial charge in [-0.25, -0.2) is 9.59 Å². The Labute approximate surface area is 292 Å². The first-order valence-electron chi connectivity index (χ1n) is 17.6. The van der Waals surface area contributed by atoms with Gasteiger partial charge < -0.3 is 28.1 Å². The summed E-state index contributed by atoms with van der Waals surface area (Å²) in [5, 5.41) is 0. The van der Waals surface area contributed by atoms with E-state index in [0.29, 0.717) is 17.6 Å². The number of esters is 4. The highest BCUT2D eigenvalue weighted by molar-refractivity contribution is 5.89. The molecule has 5 aliphatic rings. The molecule has 1 aromatic heterocycles. The van der Waals surface area contributed by atoms with Crippen LogP contribution in [0.5, 0.6) is 0 Å². The Bertz CT molecular complexity index is 1760. The van der Waals surface area contributed by atoms with Crippen LogP contribution >= 0.6 is 0 Å². The third kappa shape index (κ3) is 5.00. The highest BCUT2D eigenvalue weighted by Gasteiger charge is 2.78. The smallest absolute Gasteiger partial charge is 0.338 e. The van der Waals surface area contributed by atoms with E-state index < -0.39 is 76.5 Å². The number of hydrogen-bond acceptors (Lipinski definition) is 10. The molecule has 7 rings (SSSR count). The Morgan fingerprint density at radius 2 is 1.70 bits per heavy atom. The summed E-state index contributed by atoms with van der Waals surface area (Å²) < 4.78 is 37.7. The molecule has 2 saturated carbocycles. The molecule has 0 radical (unpaired) electrons. The van der Waals surface area contributed by atoms with E-state index >= 15 is 0 Å². The largest absolute Gasteiger partial charge is 0.472 e. The fraction of sp³-hybridized carbons (Fsp3) is 0.550. The van der Waals surface area contributed by atoms with E-state index in [9.17, 15) is 19.2 Å². The van der Waals surface area contributed by atoms with Crippen molar-refractivity contribution in [3.8, 4) is 0 Å². The van der Waals surface area contributed by atoms with Crippen molar-refractivity contribution in [1.29, 1.82) is 0 Å². The van der Waals surface area contributed by atoms with Crippen LogP contribution in [-0.4, -0.2) is 61.0 Å². The SMILES string of the molecule is C/C=C(\C)C(=O)O[C@H]1C[C@@H](OC(C)=O)[C@@]2(C)CO[C@H]3[C@@H](OC(=O)c4ccccc4)[C@@]4(C)C5=C(C)[C@H](c6ccoc6)C[C@@H]5OC(=O)C[C@@H]4[C@]1(C)[C@@H]32. The molecule has 4 fully saturated rings. The van der Waals surface area contributed by atoms with E-state index in [1.54, 1.807) is 56.7 Å². The summed E-state index contributed by atoms with van der Waals surface area (Å²) in [4.78, 5) is 54.3. The van der Waals surface area contributed by atoms with Gasteiger partial charge in [-0.3, -0.25) is 9.59 Å². The first-order valence-corrected chi connectivity index (χ1v) is 17.6. The lowest BCUT2D eigenvalue weighted by atomic mass is 9.39. The zero-order valence-electron chi connectivity index (χ0n) is 29.7. The number of ether oxygens (including phenoxy) is 5.